The lowest BCUT2D eigenvalue weighted by Crippen LogP contribution is -2.04. The number of hydrogen-bond donors (Lipinski definition) is 0. The van der Waals surface area contributed by atoms with Crippen molar-refractivity contribution in [2.45, 2.75) is 33.7 Å². The van der Waals surface area contributed by atoms with Crippen molar-refractivity contribution >= 4 is 27.1 Å². The van der Waals surface area contributed by atoms with Crippen molar-refractivity contribution in [1.29, 1.82) is 0 Å². The summed E-state index contributed by atoms with van der Waals surface area (Å²) in [5.74, 6) is 1.74. The molecule has 2 aromatic rings. The maximum Gasteiger partial charge on any atom is 0.161 e. The molecular formula is C12H16BrN3. The van der Waals surface area contributed by atoms with E-state index in [2.05, 4.69) is 44.3 Å². The van der Waals surface area contributed by atoms with E-state index in [1.54, 1.807) is 0 Å². The van der Waals surface area contributed by atoms with Gasteiger partial charge in [0, 0.05) is 6.54 Å². The summed E-state index contributed by atoms with van der Waals surface area (Å²) in [6, 6.07) is 3.94. The molecule has 4 heteroatoms. The van der Waals surface area contributed by atoms with Gasteiger partial charge in [-0.25, -0.2) is 9.97 Å². The highest BCUT2D eigenvalue weighted by molar-refractivity contribution is 9.10. The fourth-order valence-corrected chi connectivity index (χ4v) is 2.05. The molecule has 0 fully saturated rings. The molecular weight excluding hydrogens is 266 g/mol. The molecule has 2 rings (SSSR count). The zero-order chi connectivity index (χ0) is 11.7. The molecule has 2 aromatic heterocycles. The average molecular weight is 282 g/mol. The molecule has 0 saturated carbocycles. The van der Waals surface area contributed by atoms with Crippen LogP contribution in [0.15, 0.2) is 16.7 Å². The fourth-order valence-electron chi connectivity index (χ4n) is 1.75. The predicted octanol–water partition coefficient (Wildman–Crippen LogP) is 3.55. The molecule has 0 atom stereocenters. The second kappa shape index (κ2) is 4.53. The highest BCUT2D eigenvalue weighted by Gasteiger charge is 2.09. The van der Waals surface area contributed by atoms with Crippen molar-refractivity contribution in [2.75, 3.05) is 0 Å². The second-order valence-electron chi connectivity index (χ2n) is 4.47. The van der Waals surface area contributed by atoms with Gasteiger partial charge < -0.3 is 4.57 Å². The quantitative estimate of drug-likeness (QED) is 0.806. The van der Waals surface area contributed by atoms with Crippen LogP contribution in [0.4, 0.5) is 0 Å². The molecule has 2 heterocycles. The van der Waals surface area contributed by atoms with Crippen molar-refractivity contribution < 1.29 is 0 Å². The smallest absolute Gasteiger partial charge is 0.161 e. The maximum absolute atomic E-state index is 4.51. The number of rotatable bonds is 3. The summed E-state index contributed by atoms with van der Waals surface area (Å²) >= 11 is 3.40. The van der Waals surface area contributed by atoms with Crippen molar-refractivity contribution in [3.63, 3.8) is 0 Å². The predicted molar refractivity (Wildman–Crippen MR) is 69.4 cm³/mol. The Morgan fingerprint density at radius 1 is 1.31 bits per heavy atom. The van der Waals surface area contributed by atoms with E-state index in [1.807, 2.05) is 19.1 Å². The third-order valence-electron chi connectivity index (χ3n) is 2.68. The minimum atomic E-state index is 0.698. The standard InChI is InChI=1S/C12H16BrN3/c1-8(2)6-7-16-9(3)14-10-4-5-11(13)15-12(10)16/h4-5,8H,6-7H2,1-3H3. The molecule has 16 heavy (non-hydrogen) atoms. The lowest BCUT2D eigenvalue weighted by molar-refractivity contribution is 0.515. The summed E-state index contributed by atoms with van der Waals surface area (Å²) in [5.41, 5.74) is 1.96. The van der Waals surface area contributed by atoms with E-state index in [0.717, 1.165) is 34.6 Å². The largest absolute Gasteiger partial charge is 0.313 e. The zero-order valence-corrected chi connectivity index (χ0v) is 11.5. The summed E-state index contributed by atoms with van der Waals surface area (Å²) < 4.78 is 3.06. The van der Waals surface area contributed by atoms with E-state index < -0.39 is 0 Å². The van der Waals surface area contributed by atoms with Gasteiger partial charge in [0.15, 0.2) is 5.65 Å². The molecule has 0 aliphatic heterocycles. The van der Waals surface area contributed by atoms with Gasteiger partial charge in [-0.2, -0.15) is 0 Å². The molecule has 0 saturated heterocycles. The van der Waals surface area contributed by atoms with E-state index in [0.29, 0.717) is 5.92 Å². The third-order valence-corrected chi connectivity index (χ3v) is 3.12. The molecule has 0 aromatic carbocycles. The van der Waals surface area contributed by atoms with Crippen molar-refractivity contribution in [3.05, 3.63) is 22.6 Å². The van der Waals surface area contributed by atoms with Crippen LogP contribution in [0.2, 0.25) is 0 Å². The number of hydrogen-bond acceptors (Lipinski definition) is 2. The zero-order valence-electron chi connectivity index (χ0n) is 9.87. The molecule has 0 spiro atoms. The van der Waals surface area contributed by atoms with Crippen LogP contribution in [0, 0.1) is 12.8 Å². The average Bonchev–Trinajstić information content (AvgIpc) is 2.51. The van der Waals surface area contributed by atoms with Gasteiger partial charge in [0.25, 0.3) is 0 Å². The highest BCUT2D eigenvalue weighted by atomic mass is 79.9. The molecule has 3 nitrogen and oxygen atoms in total. The van der Waals surface area contributed by atoms with E-state index in [-0.39, 0.29) is 0 Å². The Bertz CT molecular complexity index is 502. The van der Waals surface area contributed by atoms with E-state index in [9.17, 15) is 0 Å². The number of halogens is 1. The van der Waals surface area contributed by atoms with Crippen LogP contribution >= 0.6 is 15.9 Å². The fraction of sp³-hybridized carbons (Fsp3) is 0.500. The van der Waals surface area contributed by atoms with Gasteiger partial charge in [-0.1, -0.05) is 13.8 Å². The van der Waals surface area contributed by atoms with Crippen LogP contribution in [-0.2, 0) is 6.54 Å². The van der Waals surface area contributed by atoms with Gasteiger partial charge in [-0.05, 0) is 47.3 Å². The van der Waals surface area contributed by atoms with Gasteiger partial charge in [0.1, 0.15) is 15.9 Å². The van der Waals surface area contributed by atoms with Gasteiger partial charge in [0.05, 0.1) is 0 Å². The first-order chi connectivity index (χ1) is 7.58. The topological polar surface area (TPSA) is 30.7 Å². The first-order valence-corrected chi connectivity index (χ1v) is 6.36. The molecule has 0 radical (unpaired) electrons. The number of aryl methyl sites for hydroxylation is 2. The van der Waals surface area contributed by atoms with Crippen molar-refractivity contribution in [2.24, 2.45) is 5.92 Å². The number of pyridine rings is 1. The summed E-state index contributed by atoms with van der Waals surface area (Å²) in [5, 5.41) is 0. The van der Waals surface area contributed by atoms with Crippen molar-refractivity contribution in [3.8, 4) is 0 Å². The second-order valence-corrected chi connectivity index (χ2v) is 5.28. The summed E-state index contributed by atoms with van der Waals surface area (Å²) in [7, 11) is 0. The molecule has 86 valence electrons. The maximum atomic E-state index is 4.51. The van der Waals surface area contributed by atoms with E-state index in [4.69, 9.17) is 0 Å². The van der Waals surface area contributed by atoms with Crippen LogP contribution in [0.5, 0.6) is 0 Å². The van der Waals surface area contributed by atoms with Crippen LogP contribution < -0.4 is 0 Å². The lowest BCUT2D eigenvalue weighted by Gasteiger charge is -2.08. The molecule has 0 bridgehead atoms. The molecule has 0 amide bonds. The highest BCUT2D eigenvalue weighted by Crippen LogP contribution is 2.18. The van der Waals surface area contributed by atoms with Crippen LogP contribution in [0.3, 0.4) is 0 Å². The summed E-state index contributed by atoms with van der Waals surface area (Å²) in [4.78, 5) is 9.00. The number of aromatic nitrogens is 3. The first-order valence-electron chi connectivity index (χ1n) is 5.57. The van der Waals surface area contributed by atoms with Gasteiger partial charge >= 0.3 is 0 Å². The van der Waals surface area contributed by atoms with Crippen LogP contribution in [0.25, 0.3) is 11.2 Å². The Labute approximate surface area is 104 Å². The Hall–Kier alpha value is -0.900. The minimum absolute atomic E-state index is 0.698. The molecule has 0 unspecified atom stereocenters. The van der Waals surface area contributed by atoms with E-state index in [1.165, 1.54) is 0 Å². The Kier molecular flexibility index (Phi) is 3.28. The van der Waals surface area contributed by atoms with Gasteiger partial charge in [-0.15, -0.1) is 0 Å². The van der Waals surface area contributed by atoms with Crippen molar-refractivity contribution in [1.82, 2.24) is 14.5 Å². The Morgan fingerprint density at radius 3 is 2.75 bits per heavy atom. The first kappa shape index (κ1) is 11.6. The van der Waals surface area contributed by atoms with E-state index >= 15 is 0 Å². The number of fused-ring (bicyclic) bond motifs is 1. The van der Waals surface area contributed by atoms with Gasteiger partial charge in [0.2, 0.25) is 0 Å². The third kappa shape index (κ3) is 2.26. The monoisotopic (exact) mass is 281 g/mol. The number of nitrogens with zero attached hydrogens (tertiary/aromatic N) is 3. The van der Waals surface area contributed by atoms with Gasteiger partial charge in [-0.3, -0.25) is 0 Å². The lowest BCUT2D eigenvalue weighted by atomic mass is 10.1. The molecule has 0 aliphatic carbocycles. The molecule has 0 aliphatic rings. The Balaban J connectivity index is 2.42. The summed E-state index contributed by atoms with van der Waals surface area (Å²) in [6.07, 6.45) is 1.15. The normalized spacial score (nSPS) is 11.6. The SMILES string of the molecule is Cc1nc2ccc(Br)nc2n1CCC(C)C. The molecule has 0 N–H and O–H groups in total. The summed E-state index contributed by atoms with van der Waals surface area (Å²) in [6.45, 7) is 7.49. The number of imidazole rings is 1. The minimum Gasteiger partial charge on any atom is -0.313 e. The van der Waals surface area contributed by atoms with Crippen LogP contribution in [0.1, 0.15) is 26.1 Å². The Morgan fingerprint density at radius 2 is 2.06 bits per heavy atom. The van der Waals surface area contributed by atoms with Crippen LogP contribution in [-0.4, -0.2) is 14.5 Å².